The molecule has 0 aliphatic carbocycles. The van der Waals surface area contributed by atoms with Gasteiger partial charge in [-0.05, 0) is 59.6 Å². The Morgan fingerprint density at radius 2 is 1.95 bits per heavy atom. The number of rotatable bonds is 3. The molecule has 0 saturated carbocycles. The lowest BCUT2D eigenvalue weighted by atomic mass is 10.2. The summed E-state index contributed by atoms with van der Waals surface area (Å²) in [6, 6.07) is 7.03. The normalized spacial score (nSPS) is 10.3. The summed E-state index contributed by atoms with van der Waals surface area (Å²) < 4.78 is 0.789. The zero-order valence-electron chi connectivity index (χ0n) is 11.9. The molecule has 1 aromatic heterocycles. The van der Waals surface area contributed by atoms with Gasteiger partial charge in [0.1, 0.15) is 5.82 Å². The average molecular weight is 369 g/mol. The van der Waals surface area contributed by atoms with Crippen molar-refractivity contribution >= 4 is 44.9 Å². The van der Waals surface area contributed by atoms with Crippen molar-refractivity contribution in [3.8, 4) is 0 Å². The smallest absolute Gasteiger partial charge is 0.255 e. The number of aromatic nitrogens is 1. The van der Waals surface area contributed by atoms with Crippen LogP contribution in [0.2, 0.25) is 5.02 Å². The van der Waals surface area contributed by atoms with Gasteiger partial charge in [0.2, 0.25) is 0 Å². The van der Waals surface area contributed by atoms with Crippen LogP contribution in [0, 0.1) is 13.8 Å². The fourth-order valence-corrected chi connectivity index (χ4v) is 2.58. The Kier molecular flexibility index (Phi) is 4.85. The van der Waals surface area contributed by atoms with E-state index in [0.29, 0.717) is 22.1 Å². The van der Waals surface area contributed by atoms with E-state index in [1.807, 2.05) is 19.9 Å². The molecule has 0 aliphatic heterocycles. The number of halogens is 2. The van der Waals surface area contributed by atoms with Crippen molar-refractivity contribution in [2.24, 2.45) is 0 Å². The van der Waals surface area contributed by atoms with E-state index in [0.717, 1.165) is 15.7 Å². The van der Waals surface area contributed by atoms with Crippen molar-refractivity contribution in [1.82, 2.24) is 4.98 Å². The molecule has 0 unspecified atom stereocenters. The molecule has 0 radical (unpaired) electrons. The maximum atomic E-state index is 12.4. The van der Waals surface area contributed by atoms with E-state index < -0.39 is 0 Å². The Labute approximate surface area is 137 Å². The highest BCUT2D eigenvalue weighted by molar-refractivity contribution is 9.10. The van der Waals surface area contributed by atoms with Gasteiger partial charge in [-0.15, -0.1) is 0 Å². The first-order valence-electron chi connectivity index (χ1n) is 6.34. The number of carbonyl (C=O) groups is 1. The van der Waals surface area contributed by atoms with Gasteiger partial charge in [0, 0.05) is 27.8 Å². The average Bonchev–Trinajstić information content (AvgIpc) is 2.43. The summed E-state index contributed by atoms with van der Waals surface area (Å²) in [6.07, 6.45) is 0. The predicted molar refractivity (Wildman–Crippen MR) is 90.4 cm³/mol. The number of amides is 1. The molecule has 1 amide bonds. The molecule has 6 heteroatoms. The third-order valence-corrected chi connectivity index (χ3v) is 4.03. The molecule has 110 valence electrons. The number of nitrogens with zero attached hydrogens (tertiary/aromatic N) is 1. The minimum Gasteiger partial charge on any atom is -0.373 e. The lowest BCUT2D eigenvalue weighted by Gasteiger charge is -2.11. The number of carbonyl (C=O) groups excluding carboxylic acids is 1. The Bertz CT molecular complexity index is 704. The molecule has 2 aromatic rings. The van der Waals surface area contributed by atoms with Crippen LogP contribution in [0.3, 0.4) is 0 Å². The second kappa shape index (κ2) is 6.45. The highest BCUT2D eigenvalue weighted by Crippen LogP contribution is 2.29. The maximum absolute atomic E-state index is 12.4. The van der Waals surface area contributed by atoms with Crippen LogP contribution >= 0.6 is 27.5 Å². The molecule has 0 bridgehead atoms. The number of hydrogen-bond acceptors (Lipinski definition) is 3. The first kappa shape index (κ1) is 15.8. The summed E-state index contributed by atoms with van der Waals surface area (Å²) in [4.78, 5) is 16.6. The van der Waals surface area contributed by atoms with Gasteiger partial charge in [-0.2, -0.15) is 0 Å². The zero-order chi connectivity index (χ0) is 15.6. The minimum absolute atomic E-state index is 0.211. The molecular formula is C15H15BrClN3O. The van der Waals surface area contributed by atoms with Crippen molar-refractivity contribution in [3.05, 3.63) is 50.6 Å². The number of benzene rings is 1. The summed E-state index contributed by atoms with van der Waals surface area (Å²) >= 11 is 9.52. The molecule has 0 fully saturated rings. The van der Waals surface area contributed by atoms with Gasteiger partial charge < -0.3 is 10.6 Å². The number of aryl methyl sites for hydroxylation is 2. The van der Waals surface area contributed by atoms with Crippen LogP contribution in [0.1, 0.15) is 21.6 Å². The molecule has 2 N–H and O–H groups in total. The number of anilines is 2. The third-order valence-electron chi connectivity index (χ3n) is 2.97. The van der Waals surface area contributed by atoms with Crippen molar-refractivity contribution in [1.29, 1.82) is 0 Å². The Hall–Kier alpha value is -1.59. The quantitative estimate of drug-likeness (QED) is 0.844. The monoisotopic (exact) mass is 367 g/mol. The highest BCUT2D eigenvalue weighted by atomic mass is 79.9. The zero-order valence-corrected chi connectivity index (χ0v) is 14.3. The second-order valence-electron chi connectivity index (χ2n) is 4.67. The molecule has 1 heterocycles. The number of pyridine rings is 1. The number of nitrogens with one attached hydrogen (secondary N) is 2. The van der Waals surface area contributed by atoms with E-state index in [2.05, 4.69) is 31.5 Å². The minimum atomic E-state index is -0.211. The van der Waals surface area contributed by atoms with E-state index >= 15 is 0 Å². The third kappa shape index (κ3) is 3.74. The van der Waals surface area contributed by atoms with E-state index in [1.54, 1.807) is 25.2 Å². The lowest BCUT2D eigenvalue weighted by Crippen LogP contribution is -2.13. The van der Waals surface area contributed by atoms with Crippen LogP contribution in [0.25, 0.3) is 0 Å². The van der Waals surface area contributed by atoms with Crippen LogP contribution in [0.15, 0.2) is 28.7 Å². The van der Waals surface area contributed by atoms with Gasteiger partial charge in [-0.1, -0.05) is 11.6 Å². The van der Waals surface area contributed by atoms with Crippen LogP contribution in [-0.2, 0) is 0 Å². The van der Waals surface area contributed by atoms with Crippen molar-refractivity contribution in [3.63, 3.8) is 0 Å². The topological polar surface area (TPSA) is 54.0 Å². The summed E-state index contributed by atoms with van der Waals surface area (Å²) in [6.45, 7) is 3.75. The summed E-state index contributed by atoms with van der Waals surface area (Å²) in [5.74, 6) is 0.443. The van der Waals surface area contributed by atoms with Gasteiger partial charge in [0.25, 0.3) is 5.91 Å². The van der Waals surface area contributed by atoms with Crippen molar-refractivity contribution in [2.45, 2.75) is 13.8 Å². The SMILES string of the molecule is CNc1cc(C(=O)Nc2cc(Cl)c(C)cc2Br)cc(C)n1. The van der Waals surface area contributed by atoms with Crippen LogP contribution < -0.4 is 10.6 Å². The molecule has 0 spiro atoms. The van der Waals surface area contributed by atoms with Crippen LogP contribution in [0.4, 0.5) is 11.5 Å². The molecule has 0 saturated heterocycles. The van der Waals surface area contributed by atoms with Gasteiger partial charge in [-0.25, -0.2) is 4.98 Å². The molecule has 0 atom stereocenters. The fraction of sp³-hybridized carbons (Fsp3) is 0.200. The molecule has 21 heavy (non-hydrogen) atoms. The van der Waals surface area contributed by atoms with Crippen molar-refractivity contribution in [2.75, 3.05) is 17.7 Å². The van der Waals surface area contributed by atoms with Gasteiger partial charge >= 0.3 is 0 Å². The van der Waals surface area contributed by atoms with E-state index in [9.17, 15) is 4.79 Å². The summed E-state index contributed by atoms with van der Waals surface area (Å²) in [5, 5.41) is 6.39. The molecule has 1 aromatic carbocycles. The van der Waals surface area contributed by atoms with Gasteiger partial charge in [0.15, 0.2) is 0 Å². The molecule has 4 nitrogen and oxygen atoms in total. The van der Waals surface area contributed by atoms with Crippen LogP contribution in [-0.4, -0.2) is 17.9 Å². The van der Waals surface area contributed by atoms with Gasteiger partial charge in [-0.3, -0.25) is 4.79 Å². The van der Waals surface area contributed by atoms with Crippen LogP contribution in [0.5, 0.6) is 0 Å². The molecule has 0 aliphatic rings. The summed E-state index contributed by atoms with van der Waals surface area (Å²) in [7, 11) is 1.76. The van der Waals surface area contributed by atoms with Crippen molar-refractivity contribution < 1.29 is 4.79 Å². The molecular weight excluding hydrogens is 354 g/mol. The first-order valence-corrected chi connectivity index (χ1v) is 7.51. The summed E-state index contributed by atoms with van der Waals surface area (Å²) in [5.41, 5.74) is 2.89. The Balaban J connectivity index is 2.30. The molecule has 2 rings (SSSR count). The van der Waals surface area contributed by atoms with E-state index in [1.165, 1.54) is 0 Å². The first-order chi connectivity index (χ1) is 9.90. The van der Waals surface area contributed by atoms with E-state index in [-0.39, 0.29) is 5.91 Å². The highest BCUT2D eigenvalue weighted by Gasteiger charge is 2.12. The standard InChI is InChI=1S/C15H15BrClN3O/c1-8-4-11(16)13(7-12(8)17)20-15(21)10-5-9(2)19-14(6-10)18-3/h4-7H,1-3H3,(H,18,19)(H,20,21). The predicted octanol–water partition coefficient (Wildman–Crippen LogP) is 4.41. The fourth-order valence-electron chi connectivity index (χ4n) is 1.86. The Morgan fingerprint density at radius 1 is 1.24 bits per heavy atom. The van der Waals surface area contributed by atoms with Gasteiger partial charge in [0.05, 0.1) is 5.69 Å². The lowest BCUT2D eigenvalue weighted by molar-refractivity contribution is 0.102. The van der Waals surface area contributed by atoms with E-state index in [4.69, 9.17) is 11.6 Å². The largest absolute Gasteiger partial charge is 0.373 e. The number of hydrogen-bond donors (Lipinski definition) is 2. The second-order valence-corrected chi connectivity index (χ2v) is 5.93. The maximum Gasteiger partial charge on any atom is 0.255 e. The Morgan fingerprint density at radius 3 is 2.62 bits per heavy atom.